The maximum absolute atomic E-state index is 13.2. The van der Waals surface area contributed by atoms with Gasteiger partial charge in [-0.15, -0.1) is 0 Å². The van der Waals surface area contributed by atoms with Crippen LogP contribution in [-0.4, -0.2) is 14.6 Å². The minimum Gasteiger partial charge on any atom is -0.396 e. The van der Waals surface area contributed by atoms with Crippen molar-refractivity contribution in [2.24, 2.45) is 0 Å². The van der Waals surface area contributed by atoms with E-state index < -0.39 is 5.82 Å². The van der Waals surface area contributed by atoms with Gasteiger partial charge in [-0.3, -0.25) is 0 Å². The van der Waals surface area contributed by atoms with Gasteiger partial charge in [-0.05, 0) is 42.3 Å². The molecule has 0 bridgehead atoms. The highest BCUT2D eigenvalue weighted by molar-refractivity contribution is 5.60. The van der Waals surface area contributed by atoms with E-state index in [1.807, 2.05) is 36.4 Å². The van der Waals surface area contributed by atoms with E-state index in [1.54, 1.807) is 16.8 Å². The Morgan fingerprint density at radius 3 is 2.68 bits per heavy atom. The van der Waals surface area contributed by atoms with Crippen molar-refractivity contribution in [3.8, 4) is 23.1 Å². The lowest BCUT2D eigenvalue weighted by molar-refractivity contribution is 0.632. The molecule has 0 amide bonds. The first-order chi connectivity index (χ1) is 12.2. The minimum absolute atomic E-state index is 0.0771. The Morgan fingerprint density at radius 2 is 1.88 bits per heavy atom. The fraction of sp³-hybridized carbons (Fsp3) is 0. The van der Waals surface area contributed by atoms with E-state index in [9.17, 15) is 4.39 Å². The summed E-state index contributed by atoms with van der Waals surface area (Å²) >= 11 is 0. The number of rotatable bonds is 1. The van der Waals surface area contributed by atoms with Crippen LogP contribution in [0.4, 0.5) is 10.1 Å². The summed E-state index contributed by atoms with van der Waals surface area (Å²) in [6, 6.07) is 18.8. The molecule has 2 N–H and O–H groups in total. The number of aromatic nitrogens is 3. The third kappa shape index (κ3) is 3.06. The third-order valence-electron chi connectivity index (χ3n) is 3.66. The van der Waals surface area contributed by atoms with Gasteiger partial charge in [0.1, 0.15) is 11.5 Å². The average molecular weight is 327 g/mol. The van der Waals surface area contributed by atoms with Crippen LogP contribution in [0.1, 0.15) is 11.3 Å². The van der Waals surface area contributed by atoms with Crippen LogP contribution in [0.25, 0.3) is 16.9 Å². The van der Waals surface area contributed by atoms with Crippen molar-refractivity contribution in [2.45, 2.75) is 0 Å². The molecule has 119 valence electrons. The lowest BCUT2D eigenvalue weighted by Gasteiger charge is -2.00. The highest BCUT2D eigenvalue weighted by Gasteiger charge is 2.04. The molecule has 0 aliphatic heterocycles. The van der Waals surface area contributed by atoms with Crippen LogP contribution in [0.15, 0.2) is 60.8 Å². The molecule has 4 aromatic rings. The topological polar surface area (TPSA) is 56.2 Å². The quantitative estimate of drug-likeness (QED) is 0.431. The highest BCUT2D eigenvalue weighted by Crippen LogP contribution is 2.16. The maximum Gasteiger partial charge on any atom is 0.155 e. The highest BCUT2D eigenvalue weighted by atomic mass is 19.1. The summed E-state index contributed by atoms with van der Waals surface area (Å²) in [6.07, 6.45) is 1.76. The van der Waals surface area contributed by atoms with Gasteiger partial charge in [-0.25, -0.2) is 13.9 Å². The van der Waals surface area contributed by atoms with Gasteiger partial charge in [0, 0.05) is 11.1 Å². The van der Waals surface area contributed by atoms with E-state index in [0.717, 1.165) is 11.3 Å². The van der Waals surface area contributed by atoms with Crippen molar-refractivity contribution < 1.29 is 4.39 Å². The monoisotopic (exact) mass is 327 g/mol. The summed E-state index contributed by atoms with van der Waals surface area (Å²) in [5.41, 5.74) is 9.38. The van der Waals surface area contributed by atoms with Gasteiger partial charge in [-0.2, -0.15) is 5.10 Å². The van der Waals surface area contributed by atoms with Crippen LogP contribution < -0.4 is 5.73 Å². The van der Waals surface area contributed by atoms with Crippen LogP contribution in [-0.2, 0) is 0 Å². The second-order valence-corrected chi connectivity index (χ2v) is 5.42. The SMILES string of the molecule is Nc1cc(C#Cc2cn3nc(-c4cc[c]cc4)ccc3n2)ccc1F. The molecule has 5 heteroatoms. The lowest BCUT2D eigenvalue weighted by atomic mass is 10.1. The fourth-order valence-corrected chi connectivity index (χ4v) is 2.41. The Bertz CT molecular complexity index is 1120. The Morgan fingerprint density at radius 1 is 1.04 bits per heavy atom. The number of fused-ring (bicyclic) bond motifs is 1. The molecule has 1 radical (unpaired) electrons. The first kappa shape index (κ1) is 14.9. The van der Waals surface area contributed by atoms with Gasteiger partial charge in [-0.1, -0.05) is 30.2 Å². The molecule has 25 heavy (non-hydrogen) atoms. The number of nitrogens with two attached hydrogens (primary N) is 1. The first-order valence-corrected chi connectivity index (χ1v) is 7.59. The Labute approximate surface area is 143 Å². The number of benzene rings is 2. The number of hydrogen-bond donors (Lipinski definition) is 1. The second-order valence-electron chi connectivity index (χ2n) is 5.42. The summed E-state index contributed by atoms with van der Waals surface area (Å²) < 4.78 is 14.9. The average Bonchev–Trinajstić information content (AvgIpc) is 3.05. The molecular formula is C20H12FN4. The van der Waals surface area contributed by atoms with Gasteiger partial charge in [0.15, 0.2) is 5.65 Å². The third-order valence-corrected chi connectivity index (χ3v) is 3.66. The molecule has 2 heterocycles. The number of halogens is 1. The normalized spacial score (nSPS) is 10.4. The number of nitrogen functional groups attached to an aromatic ring is 1. The van der Waals surface area contributed by atoms with Crippen LogP contribution >= 0.6 is 0 Å². The first-order valence-electron chi connectivity index (χ1n) is 7.59. The Kier molecular flexibility index (Phi) is 3.64. The molecule has 0 saturated heterocycles. The van der Waals surface area contributed by atoms with E-state index in [4.69, 9.17) is 5.73 Å². The molecule has 2 aromatic heterocycles. The minimum atomic E-state index is -0.450. The van der Waals surface area contributed by atoms with Crippen LogP contribution in [0.3, 0.4) is 0 Å². The van der Waals surface area contributed by atoms with Gasteiger partial charge < -0.3 is 5.73 Å². The second kappa shape index (κ2) is 6.10. The maximum atomic E-state index is 13.2. The molecule has 2 aromatic carbocycles. The van der Waals surface area contributed by atoms with Gasteiger partial charge in [0.05, 0.1) is 17.6 Å². The standard InChI is InChI=1S/C20H12FN4/c21-17-9-7-14(12-18(17)22)6-8-16-13-25-20(23-16)11-10-19(24-25)15-4-2-1-3-5-15/h2-5,7,9-13H,22H2. The molecule has 0 fully saturated rings. The van der Waals surface area contributed by atoms with E-state index in [0.29, 0.717) is 16.9 Å². The summed E-state index contributed by atoms with van der Waals surface area (Å²) in [6.45, 7) is 0. The molecule has 0 atom stereocenters. The van der Waals surface area contributed by atoms with E-state index >= 15 is 0 Å². The number of anilines is 1. The van der Waals surface area contributed by atoms with E-state index in [2.05, 4.69) is 28.0 Å². The van der Waals surface area contributed by atoms with E-state index in [-0.39, 0.29) is 5.69 Å². The lowest BCUT2D eigenvalue weighted by Crippen LogP contribution is -1.92. The molecule has 0 spiro atoms. The van der Waals surface area contributed by atoms with Gasteiger partial charge >= 0.3 is 0 Å². The van der Waals surface area contributed by atoms with E-state index in [1.165, 1.54) is 12.1 Å². The molecular weight excluding hydrogens is 315 g/mol. The molecule has 0 unspecified atom stereocenters. The van der Waals surface area contributed by atoms with Crippen molar-refractivity contribution in [1.82, 2.24) is 14.6 Å². The van der Waals surface area contributed by atoms with Crippen LogP contribution in [0, 0.1) is 23.7 Å². The van der Waals surface area contributed by atoms with Crippen molar-refractivity contribution in [2.75, 3.05) is 5.73 Å². The Hall–Kier alpha value is -3.65. The van der Waals surface area contributed by atoms with Crippen LogP contribution in [0.2, 0.25) is 0 Å². The predicted molar refractivity (Wildman–Crippen MR) is 94.1 cm³/mol. The number of hydrogen-bond acceptors (Lipinski definition) is 3. The largest absolute Gasteiger partial charge is 0.396 e. The van der Waals surface area contributed by atoms with Gasteiger partial charge in [0.2, 0.25) is 0 Å². The molecule has 0 aliphatic rings. The smallest absolute Gasteiger partial charge is 0.155 e. The molecule has 4 nitrogen and oxygen atoms in total. The van der Waals surface area contributed by atoms with Crippen LogP contribution in [0.5, 0.6) is 0 Å². The zero-order valence-corrected chi connectivity index (χ0v) is 13.1. The number of imidazole rings is 1. The Balaban J connectivity index is 1.68. The zero-order chi connectivity index (χ0) is 17.2. The zero-order valence-electron chi connectivity index (χ0n) is 13.1. The molecule has 0 saturated carbocycles. The summed E-state index contributed by atoms with van der Waals surface area (Å²) in [5.74, 6) is 5.43. The van der Waals surface area contributed by atoms with Crippen molar-refractivity contribution in [1.29, 1.82) is 0 Å². The van der Waals surface area contributed by atoms with Crippen molar-refractivity contribution >= 4 is 11.3 Å². The molecule has 4 rings (SSSR count). The summed E-state index contributed by atoms with van der Waals surface area (Å²) in [5, 5.41) is 4.55. The van der Waals surface area contributed by atoms with Crippen molar-refractivity contribution in [3.05, 3.63) is 83.9 Å². The fourth-order valence-electron chi connectivity index (χ4n) is 2.41. The number of nitrogens with zero attached hydrogens (tertiary/aromatic N) is 3. The predicted octanol–water partition coefficient (Wildman–Crippen LogP) is 3.32. The summed E-state index contributed by atoms with van der Waals surface area (Å²) in [4.78, 5) is 4.42. The van der Waals surface area contributed by atoms with Gasteiger partial charge in [0.25, 0.3) is 0 Å². The summed E-state index contributed by atoms with van der Waals surface area (Å²) in [7, 11) is 0. The molecule has 0 aliphatic carbocycles. The van der Waals surface area contributed by atoms with Crippen molar-refractivity contribution in [3.63, 3.8) is 0 Å².